The van der Waals surface area contributed by atoms with Crippen LogP contribution in [0.15, 0.2) is 36.5 Å². The van der Waals surface area contributed by atoms with Crippen molar-refractivity contribution in [1.82, 2.24) is 4.98 Å². The van der Waals surface area contributed by atoms with E-state index in [9.17, 15) is 5.11 Å². The van der Waals surface area contributed by atoms with Crippen LogP contribution >= 0.6 is 0 Å². The molecule has 4 nitrogen and oxygen atoms in total. The Bertz CT molecular complexity index is 598. The maximum atomic E-state index is 10.5. The summed E-state index contributed by atoms with van der Waals surface area (Å²) >= 11 is 0. The van der Waals surface area contributed by atoms with E-state index in [0.717, 1.165) is 11.1 Å². The summed E-state index contributed by atoms with van der Waals surface area (Å²) in [6.07, 6.45) is 0.861. The van der Waals surface area contributed by atoms with Gasteiger partial charge >= 0.3 is 0 Å². The molecule has 0 amide bonds. The number of ether oxygens (including phenoxy) is 2. The van der Waals surface area contributed by atoms with Gasteiger partial charge in [-0.25, -0.2) is 0 Å². The number of hydrogen-bond donors (Lipinski definition) is 1. The van der Waals surface area contributed by atoms with Gasteiger partial charge in [-0.1, -0.05) is 18.2 Å². The average Bonchev–Trinajstić information content (AvgIpc) is 2.93. The lowest BCUT2D eigenvalue weighted by molar-refractivity contribution is 0.134. The van der Waals surface area contributed by atoms with Gasteiger partial charge in [0.25, 0.3) is 0 Å². The summed E-state index contributed by atoms with van der Waals surface area (Å²) in [5.74, 6) is 0.590. The third-order valence-corrected chi connectivity index (χ3v) is 3.34. The molecule has 0 spiro atoms. The molecule has 2 aromatic rings. The summed E-state index contributed by atoms with van der Waals surface area (Å²) in [7, 11) is 1.57. The summed E-state index contributed by atoms with van der Waals surface area (Å²) in [5, 5.41) is 10.5. The minimum absolute atomic E-state index is 0.531. The zero-order valence-electron chi connectivity index (χ0n) is 10.7. The Balaban J connectivity index is 1.97. The largest absolute Gasteiger partial charge is 0.495 e. The second-order valence-electron chi connectivity index (χ2n) is 4.51. The van der Waals surface area contributed by atoms with Crippen LogP contribution in [0.25, 0.3) is 0 Å². The number of hydrogen-bond acceptors (Lipinski definition) is 4. The highest BCUT2D eigenvalue weighted by Gasteiger charge is 2.19. The Labute approximate surface area is 111 Å². The number of fused-ring (bicyclic) bond motifs is 1. The molecule has 98 valence electrons. The second-order valence-corrected chi connectivity index (χ2v) is 4.51. The summed E-state index contributed by atoms with van der Waals surface area (Å²) in [4.78, 5) is 4.21. The van der Waals surface area contributed by atoms with Crippen molar-refractivity contribution in [3.63, 3.8) is 0 Å². The Kier molecular flexibility index (Phi) is 3.19. The van der Waals surface area contributed by atoms with Gasteiger partial charge < -0.3 is 14.6 Å². The lowest BCUT2D eigenvalue weighted by Gasteiger charge is -2.14. The van der Waals surface area contributed by atoms with Gasteiger partial charge in [-0.3, -0.25) is 4.98 Å². The topological polar surface area (TPSA) is 51.6 Å². The van der Waals surface area contributed by atoms with Gasteiger partial charge in [0.2, 0.25) is 0 Å². The number of pyridine rings is 1. The molecular weight excluding hydrogens is 242 g/mol. The smallest absolute Gasteiger partial charge is 0.143 e. The molecule has 1 aromatic carbocycles. The van der Waals surface area contributed by atoms with Crippen LogP contribution in [0.1, 0.15) is 28.5 Å². The molecule has 3 rings (SSSR count). The third kappa shape index (κ3) is 2.20. The van der Waals surface area contributed by atoms with Gasteiger partial charge in [-0.15, -0.1) is 0 Å². The molecule has 1 N–H and O–H groups in total. The summed E-state index contributed by atoms with van der Waals surface area (Å²) < 4.78 is 10.6. The molecule has 2 heterocycles. The molecule has 1 aliphatic heterocycles. The molecular formula is C15H15NO3. The number of aliphatic hydroxyl groups excluding tert-OH is 1. The van der Waals surface area contributed by atoms with E-state index < -0.39 is 6.10 Å². The number of benzene rings is 1. The van der Waals surface area contributed by atoms with Gasteiger partial charge in [0.15, 0.2) is 0 Å². The molecule has 0 fully saturated rings. The molecule has 0 saturated carbocycles. The van der Waals surface area contributed by atoms with Gasteiger partial charge in [0, 0.05) is 6.20 Å². The highest BCUT2D eigenvalue weighted by molar-refractivity contribution is 5.39. The molecule has 1 unspecified atom stereocenters. The third-order valence-electron chi connectivity index (χ3n) is 3.34. The van der Waals surface area contributed by atoms with Crippen molar-refractivity contribution in [2.24, 2.45) is 0 Å². The van der Waals surface area contributed by atoms with E-state index in [1.165, 1.54) is 5.56 Å². The predicted molar refractivity (Wildman–Crippen MR) is 69.8 cm³/mol. The summed E-state index contributed by atoms with van der Waals surface area (Å²) in [5.41, 5.74) is 3.65. The lowest BCUT2D eigenvalue weighted by atomic mass is 10.0. The van der Waals surface area contributed by atoms with Crippen molar-refractivity contribution >= 4 is 0 Å². The van der Waals surface area contributed by atoms with Crippen molar-refractivity contribution < 1.29 is 14.6 Å². The minimum Gasteiger partial charge on any atom is -0.495 e. The zero-order valence-corrected chi connectivity index (χ0v) is 10.7. The van der Waals surface area contributed by atoms with Crippen LogP contribution in [-0.2, 0) is 18.0 Å². The highest BCUT2D eigenvalue weighted by atomic mass is 16.5. The average molecular weight is 257 g/mol. The van der Waals surface area contributed by atoms with Crippen LogP contribution in [0.5, 0.6) is 5.75 Å². The molecule has 19 heavy (non-hydrogen) atoms. The first-order chi connectivity index (χ1) is 9.29. The van der Waals surface area contributed by atoms with E-state index in [0.29, 0.717) is 24.7 Å². The minimum atomic E-state index is -0.790. The Morgan fingerprint density at radius 1 is 1.26 bits per heavy atom. The fourth-order valence-corrected chi connectivity index (χ4v) is 2.30. The maximum Gasteiger partial charge on any atom is 0.143 e. The Hall–Kier alpha value is -1.91. The fraction of sp³-hybridized carbons (Fsp3) is 0.267. The Morgan fingerprint density at radius 2 is 2.11 bits per heavy atom. The van der Waals surface area contributed by atoms with E-state index >= 15 is 0 Å². The van der Waals surface area contributed by atoms with Crippen LogP contribution in [0.4, 0.5) is 0 Å². The quantitative estimate of drug-likeness (QED) is 0.915. The molecule has 0 aliphatic carbocycles. The number of nitrogens with zero attached hydrogens (tertiary/aromatic N) is 1. The van der Waals surface area contributed by atoms with E-state index in [1.54, 1.807) is 25.4 Å². The van der Waals surface area contributed by atoms with Crippen molar-refractivity contribution in [1.29, 1.82) is 0 Å². The van der Waals surface area contributed by atoms with E-state index in [4.69, 9.17) is 9.47 Å². The standard InChI is InChI=1S/C15H15NO3/c1-18-13-3-2-6-16-14(13)15(17)10-4-5-11-8-19-9-12(11)7-10/h2-7,15,17H,8-9H2,1H3. The lowest BCUT2D eigenvalue weighted by Crippen LogP contribution is -2.05. The van der Waals surface area contributed by atoms with Gasteiger partial charge in [0.1, 0.15) is 17.5 Å². The van der Waals surface area contributed by atoms with E-state index in [1.807, 2.05) is 18.2 Å². The molecule has 0 bridgehead atoms. The monoisotopic (exact) mass is 257 g/mol. The number of rotatable bonds is 3. The number of aliphatic hydroxyl groups is 1. The van der Waals surface area contributed by atoms with E-state index in [-0.39, 0.29) is 0 Å². The first-order valence-corrected chi connectivity index (χ1v) is 6.16. The first-order valence-electron chi connectivity index (χ1n) is 6.16. The van der Waals surface area contributed by atoms with Gasteiger partial charge in [0.05, 0.1) is 20.3 Å². The number of methoxy groups -OCH3 is 1. The van der Waals surface area contributed by atoms with Gasteiger partial charge in [-0.05, 0) is 28.8 Å². The fourth-order valence-electron chi connectivity index (χ4n) is 2.30. The first kappa shape index (κ1) is 12.1. The molecule has 1 aliphatic rings. The van der Waals surface area contributed by atoms with Crippen molar-refractivity contribution in [3.05, 3.63) is 58.9 Å². The molecule has 0 saturated heterocycles. The van der Waals surface area contributed by atoms with Crippen LogP contribution in [0, 0.1) is 0 Å². The highest BCUT2D eigenvalue weighted by Crippen LogP contribution is 2.30. The summed E-state index contributed by atoms with van der Waals surface area (Å²) in [6, 6.07) is 9.46. The molecule has 1 aromatic heterocycles. The molecule has 0 radical (unpaired) electrons. The second kappa shape index (κ2) is 4.99. The maximum absolute atomic E-state index is 10.5. The van der Waals surface area contributed by atoms with Crippen LogP contribution in [-0.4, -0.2) is 17.2 Å². The van der Waals surface area contributed by atoms with Crippen molar-refractivity contribution in [2.75, 3.05) is 7.11 Å². The molecule has 4 heteroatoms. The van der Waals surface area contributed by atoms with E-state index in [2.05, 4.69) is 4.98 Å². The zero-order chi connectivity index (χ0) is 13.2. The predicted octanol–water partition coefficient (Wildman–Crippen LogP) is 2.20. The van der Waals surface area contributed by atoms with Gasteiger partial charge in [-0.2, -0.15) is 0 Å². The van der Waals surface area contributed by atoms with Crippen molar-refractivity contribution in [2.45, 2.75) is 19.3 Å². The Morgan fingerprint density at radius 3 is 2.95 bits per heavy atom. The van der Waals surface area contributed by atoms with Crippen LogP contribution in [0.3, 0.4) is 0 Å². The number of aromatic nitrogens is 1. The van der Waals surface area contributed by atoms with Crippen LogP contribution in [0.2, 0.25) is 0 Å². The van der Waals surface area contributed by atoms with Crippen molar-refractivity contribution in [3.8, 4) is 5.75 Å². The van der Waals surface area contributed by atoms with Crippen LogP contribution < -0.4 is 4.74 Å². The molecule has 1 atom stereocenters. The summed E-state index contributed by atoms with van der Waals surface area (Å²) in [6.45, 7) is 1.26. The normalized spacial score (nSPS) is 15.1. The SMILES string of the molecule is COc1cccnc1C(O)c1ccc2c(c1)COC2.